The predicted octanol–water partition coefficient (Wildman–Crippen LogP) is 1.97. The SMILES string of the molecule is O=C(Nc1ccc(CO)cc1)c1cccnc1F. The Bertz CT molecular complexity index is 555. The van der Waals surface area contributed by atoms with E-state index >= 15 is 0 Å². The summed E-state index contributed by atoms with van der Waals surface area (Å²) in [4.78, 5) is 15.2. The molecule has 1 aromatic heterocycles. The van der Waals surface area contributed by atoms with Crippen molar-refractivity contribution in [1.82, 2.24) is 4.98 Å². The van der Waals surface area contributed by atoms with E-state index in [0.717, 1.165) is 5.56 Å². The van der Waals surface area contributed by atoms with Crippen LogP contribution in [0.25, 0.3) is 0 Å². The second-order valence-corrected chi connectivity index (χ2v) is 3.65. The first-order valence-corrected chi connectivity index (χ1v) is 5.32. The number of aromatic nitrogens is 1. The largest absolute Gasteiger partial charge is 0.392 e. The fourth-order valence-corrected chi connectivity index (χ4v) is 1.45. The smallest absolute Gasteiger partial charge is 0.260 e. The number of hydrogen-bond donors (Lipinski definition) is 2. The molecule has 1 heterocycles. The van der Waals surface area contributed by atoms with Crippen molar-refractivity contribution in [3.8, 4) is 0 Å². The van der Waals surface area contributed by atoms with Crippen molar-refractivity contribution in [2.24, 2.45) is 0 Å². The summed E-state index contributed by atoms with van der Waals surface area (Å²) in [7, 11) is 0. The molecule has 1 aromatic carbocycles. The van der Waals surface area contributed by atoms with Gasteiger partial charge in [0.15, 0.2) is 0 Å². The molecule has 1 amide bonds. The van der Waals surface area contributed by atoms with E-state index in [9.17, 15) is 9.18 Å². The van der Waals surface area contributed by atoms with Gasteiger partial charge in [-0.05, 0) is 29.8 Å². The van der Waals surface area contributed by atoms with Gasteiger partial charge in [0.05, 0.1) is 12.2 Å². The van der Waals surface area contributed by atoms with Crippen LogP contribution in [0.1, 0.15) is 15.9 Å². The molecule has 2 aromatic rings. The molecule has 2 N–H and O–H groups in total. The van der Waals surface area contributed by atoms with Crippen LogP contribution in [0.15, 0.2) is 42.6 Å². The summed E-state index contributed by atoms with van der Waals surface area (Å²) in [6.45, 7) is -0.0640. The normalized spacial score (nSPS) is 10.1. The summed E-state index contributed by atoms with van der Waals surface area (Å²) in [6.07, 6.45) is 1.28. The lowest BCUT2D eigenvalue weighted by Gasteiger charge is -2.06. The van der Waals surface area contributed by atoms with Crippen molar-refractivity contribution in [2.45, 2.75) is 6.61 Å². The molecule has 0 radical (unpaired) electrons. The lowest BCUT2D eigenvalue weighted by molar-refractivity contribution is 0.102. The van der Waals surface area contributed by atoms with Crippen molar-refractivity contribution in [1.29, 1.82) is 0 Å². The monoisotopic (exact) mass is 246 g/mol. The number of hydrogen-bond acceptors (Lipinski definition) is 3. The summed E-state index contributed by atoms with van der Waals surface area (Å²) < 4.78 is 13.3. The molecular formula is C13H11FN2O2. The number of benzene rings is 1. The third-order valence-corrected chi connectivity index (χ3v) is 2.40. The summed E-state index contributed by atoms with van der Waals surface area (Å²) in [5.41, 5.74) is 1.16. The minimum atomic E-state index is -0.804. The zero-order valence-electron chi connectivity index (χ0n) is 9.43. The number of nitrogens with one attached hydrogen (secondary N) is 1. The number of aliphatic hydroxyl groups excluding tert-OH is 1. The molecule has 0 saturated carbocycles. The molecule has 2 rings (SSSR count). The van der Waals surface area contributed by atoms with E-state index in [1.807, 2.05) is 0 Å². The first-order valence-electron chi connectivity index (χ1n) is 5.32. The Morgan fingerprint density at radius 2 is 2.00 bits per heavy atom. The fourth-order valence-electron chi connectivity index (χ4n) is 1.45. The van der Waals surface area contributed by atoms with Gasteiger partial charge in [0.2, 0.25) is 5.95 Å². The first-order chi connectivity index (χ1) is 8.70. The summed E-state index contributed by atoms with van der Waals surface area (Å²) >= 11 is 0. The molecule has 5 heteroatoms. The zero-order valence-corrected chi connectivity index (χ0v) is 9.43. The molecule has 18 heavy (non-hydrogen) atoms. The number of nitrogens with zero attached hydrogens (tertiary/aromatic N) is 1. The minimum absolute atomic E-state index is 0.0640. The van der Waals surface area contributed by atoms with Crippen LogP contribution in [-0.4, -0.2) is 16.0 Å². The van der Waals surface area contributed by atoms with Gasteiger partial charge in [-0.1, -0.05) is 12.1 Å². The van der Waals surface area contributed by atoms with E-state index < -0.39 is 11.9 Å². The summed E-state index contributed by atoms with van der Waals surface area (Å²) in [5, 5.41) is 11.4. The van der Waals surface area contributed by atoms with Crippen LogP contribution < -0.4 is 5.32 Å². The molecule has 0 spiro atoms. The first kappa shape index (κ1) is 12.2. The van der Waals surface area contributed by atoms with Gasteiger partial charge in [-0.2, -0.15) is 4.39 Å². The van der Waals surface area contributed by atoms with Gasteiger partial charge in [0, 0.05) is 11.9 Å². The average Bonchev–Trinajstić information content (AvgIpc) is 2.40. The zero-order chi connectivity index (χ0) is 13.0. The number of rotatable bonds is 3. The quantitative estimate of drug-likeness (QED) is 0.814. The average molecular weight is 246 g/mol. The van der Waals surface area contributed by atoms with Crippen LogP contribution >= 0.6 is 0 Å². The van der Waals surface area contributed by atoms with Crippen molar-refractivity contribution >= 4 is 11.6 Å². The number of anilines is 1. The third kappa shape index (κ3) is 2.70. The molecule has 0 saturated heterocycles. The second kappa shape index (κ2) is 5.37. The van der Waals surface area contributed by atoms with E-state index in [4.69, 9.17) is 5.11 Å². The molecule has 0 unspecified atom stereocenters. The highest BCUT2D eigenvalue weighted by Crippen LogP contribution is 2.12. The summed E-state index contributed by atoms with van der Waals surface area (Å²) in [5.74, 6) is -1.36. The lowest BCUT2D eigenvalue weighted by atomic mass is 10.2. The Morgan fingerprint density at radius 3 is 2.61 bits per heavy atom. The van der Waals surface area contributed by atoms with Gasteiger partial charge in [0.25, 0.3) is 5.91 Å². The summed E-state index contributed by atoms with van der Waals surface area (Å²) in [6, 6.07) is 9.48. The molecule has 0 atom stereocenters. The standard InChI is InChI=1S/C13H11FN2O2/c14-12-11(2-1-7-15-12)13(18)16-10-5-3-9(8-17)4-6-10/h1-7,17H,8H2,(H,16,18). The molecule has 4 nitrogen and oxygen atoms in total. The molecule has 0 fully saturated rings. The van der Waals surface area contributed by atoms with Crippen LogP contribution in [-0.2, 0) is 6.61 Å². The Balaban J connectivity index is 2.14. The number of halogens is 1. The van der Waals surface area contributed by atoms with E-state index in [2.05, 4.69) is 10.3 Å². The van der Waals surface area contributed by atoms with Gasteiger partial charge >= 0.3 is 0 Å². The van der Waals surface area contributed by atoms with Gasteiger partial charge in [-0.25, -0.2) is 4.98 Å². The van der Waals surface area contributed by atoms with E-state index in [0.29, 0.717) is 5.69 Å². The Hall–Kier alpha value is -2.27. The molecular weight excluding hydrogens is 235 g/mol. The van der Waals surface area contributed by atoms with Crippen molar-refractivity contribution in [3.05, 3.63) is 59.7 Å². The maximum Gasteiger partial charge on any atom is 0.260 e. The van der Waals surface area contributed by atoms with Gasteiger partial charge < -0.3 is 10.4 Å². The maximum absolute atomic E-state index is 13.3. The van der Waals surface area contributed by atoms with Crippen molar-refractivity contribution < 1.29 is 14.3 Å². The second-order valence-electron chi connectivity index (χ2n) is 3.65. The van der Waals surface area contributed by atoms with Crippen LogP contribution in [0.3, 0.4) is 0 Å². The Labute approximate surface area is 103 Å². The van der Waals surface area contributed by atoms with Gasteiger partial charge in [-0.15, -0.1) is 0 Å². The highest BCUT2D eigenvalue weighted by molar-refractivity contribution is 6.04. The van der Waals surface area contributed by atoms with Crippen LogP contribution in [0.5, 0.6) is 0 Å². The topological polar surface area (TPSA) is 62.2 Å². The van der Waals surface area contributed by atoms with Gasteiger partial charge in [0.1, 0.15) is 0 Å². The number of carbonyl (C=O) groups excluding carboxylic acids is 1. The lowest BCUT2D eigenvalue weighted by Crippen LogP contribution is -2.14. The van der Waals surface area contributed by atoms with Crippen LogP contribution in [0.4, 0.5) is 10.1 Å². The number of carbonyl (C=O) groups is 1. The molecule has 0 bridgehead atoms. The molecule has 0 aliphatic heterocycles. The number of pyridine rings is 1. The van der Waals surface area contributed by atoms with Crippen molar-refractivity contribution in [2.75, 3.05) is 5.32 Å². The minimum Gasteiger partial charge on any atom is -0.392 e. The highest BCUT2D eigenvalue weighted by Gasteiger charge is 2.11. The molecule has 0 aliphatic carbocycles. The highest BCUT2D eigenvalue weighted by atomic mass is 19.1. The number of aliphatic hydroxyl groups is 1. The van der Waals surface area contributed by atoms with Crippen LogP contribution in [0, 0.1) is 5.95 Å². The fraction of sp³-hybridized carbons (Fsp3) is 0.0769. The Kier molecular flexibility index (Phi) is 3.64. The Morgan fingerprint density at radius 1 is 1.28 bits per heavy atom. The maximum atomic E-state index is 13.3. The van der Waals surface area contributed by atoms with E-state index in [1.54, 1.807) is 24.3 Å². The predicted molar refractivity (Wildman–Crippen MR) is 64.5 cm³/mol. The third-order valence-electron chi connectivity index (χ3n) is 2.40. The van der Waals surface area contributed by atoms with Crippen molar-refractivity contribution in [3.63, 3.8) is 0 Å². The molecule has 0 aliphatic rings. The molecule has 92 valence electrons. The van der Waals surface area contributed by atoms with E-state index in [1.165, 1.54) is 18.3 Å². The van der Waals surface area contributed by atoms with Crippen LogP contribution in [0.2, 0.25) is 0 Å². The van der Waals surface area contributed by atoms with E-state index in [-0.39, 0.29) is 12.2 Å². The van der Waals surface area contributed by atoms with Gasteiger partial charge in [-0.3, -0.25) is 4.79 Å². The number of amides is 1.